The summed E-state index contributed by atoms with van der Waals surface area (Å²) in [7, 11) is 0. The monoisotopic (exact) mass is 212 g/mol. The van der Waals surface area contributed by atoms with Crippen molar-refractivity contribution in [3.05, 3.63) is 12.2 Å². The van der Waals surface area contributed by atoms with Crippen molar-refractivity contribution in [2.45, 2.75) is 12.8 Å². The number of allylic oxidation sites excluding steroid dienone is 2. The number of rotatable bonds is 6. The molecule has 2 aliphatic carbocycles. The molecular formula is C12H22NO2+. The predicted molar refractivity (Wildman–Crippen MR) is 58.6 cm³/mol. The molecule has 0 aromatic carbocycles. The Balaban J connectivity index is 1.81. The van der Waals surface area contributed by atoms with E-state index in [0.29, 0.717) is 0 Å². The molecule has 0 unspecified atom stereocenters. The average Bonchev–Trinajstić information content (AvgIpc) is 2.80. The first-order valence-corrected chi connectivity index (χ1v) is 6.07. The third kappa shape index (κ3) is 2.60. The van der Waals surface area contributed by atoms with Crippen molar-refractivity contribution in [1.82, 2.24) is 0 Å². The molecule has 86 valence electrons. The van der Waals surface area contributed by atoms with Gasteiger partial charge in [0.2, 0.25) is 0 Å². The predicted octanol–water partition coefficient (Wildman–Crippen LogP) is -0.932. The van der Waals surface area contributed by atoms with Crippen molar-refractivity contribution < 1.29 is 15.1 Å². The second-order valence-corrected chi connectivity index (χ2v) is 4.94. The minimum atomic E-state index is 0.228. The zero-order chi connectivity index (χ0) is 10.7. The lowest BCUT2D eigenvalue weighted by Crippen LogP contribution is -3.13. The molecule has 0 aliphatic heterocycles. The highest BCUT2D eigenvalue weighted by Gasteiger charge is 2.37. The fourth-order valence-electron chi connectivity index (χ4n) is 3.15. The highest BCUT2D eigenvalue weighted by Crippen LogP contribution is 2.42. The van der Waals surface area contributed by atoms with Gasteiger partial charge in [0.05, 0.1) is 19.8 Å². The summed E-state index contributed by atoms with van der Waals surface area (Å²) < 4.78 is 0. The molecule has 0 saturated heterocycles. The Kier molecular flexibility index (Phi) is 3.78. The Morgan fingerprint density at radius 3 is 2.27 bits per heavy atom. The lowest BCUT2D eigenvalue weighted by Gasteiger charge is -2.24. The van der Waals surface area contributed by atoms with Crippen molar-refractivity contribution in [2.24, 2.45) is 17.8 Å². The largest absolute Gasteiger partial charge is 0.391 e. The van der Waals surface area contributed by atoms with Gasteiger partial charge in [0, 0.05) is 5.92 Å². The summed E-state index contributed by atoms with van der Waals surface area (Å²) in [5.41, 5.74) is 0. The van der Waals surface area contributed by atoms with Gasteiger partial charge in [-0.25, -0.2) is 0 Å². The van der Waals surface area contributed by atoms with Gasteiger partial charge < -0.3 is 15.1 Å². The van der Waals surface area contributed by atoms with Crippen molar-refractivity contribution in [2.75, 3.05) is 32.8 Å². The Bertz CT molecular complexity index is 224. The van der Waals surface area contributed by atoms with Crippen LogP contribution in [0.15, 0.2) is 12.2 Å². The fraction of sp³-hybridized carbons (Fsp3) is 0.833. The van der Waals surface area contributed by atoms with E-state index in [-0.39, 0.29) is 13.2 Å². The number of fused-ring (bicyclic) bond motifs is 2. The van der Waals surface area contributed by atoms with Crippen LogP contribution in [0.4, 0.5) is 0 Å². The van der Waals surface area contributed by atoms with Gasteiger partial charge in [-0.3, -0.25) is 0 Å². The van der Waals surface area contributed by atoms with Crippen LogP contribution in [-0.4, -0.2) is 43.1 Å². The zero-order valence-electron chi connectivity index (χ0n) is 9.23. The molecule has 0 aromatic heterocycles. The molecule has 0 spiro atoms. The maximum absolute atomic E-state index is 8.95. The first kappa shape index (κ1) is 11.1. The smallest absolute Gasteiger partial charge is 0.101 e. The maximum atomic E-state index is 8.95. The highest BCUT2D eigenvalue weighted by molar-refractivity contribution is 5.09. The van der Waals surface area contributed by atoms with Crippen LogP contribution < -0.4 is 4.90 Å². The topological polar surface area (TPSA) is 44.9 Å². The summed E-state index contributed by atoms with van der Waals surface area (Å²) in [6.07, 6.45) is 7.39. The first-order valence-electron chi connectivity index (χ1n) is 6.07. The number of nitrogens with one attached hydrogen (secondary N) is 1. The number of hydrogen-bond donors (Lipinski definition) is 3. The van der Waals surface area contributed by atoms with Gasteiger partial charge in [-0.1, -0.05) is 12.2 Å². The normalized spacial score (nSPS) is 33.1. The molecule has 0 amide bonds. The van der Waals surface area contributed by atoms with Crippen LogP contribution in [0.5, 0.6) is 0 Å². The van der Waals surface area contributed by atoms with E-state index in [1.54, 1.807) is 0 Å². The number of aliphatic hydroxyl groups excluding tert-OH is 2. The van der Waals surface area contributed by atoms with Crippen LogP contribution in [-0.2, 0) is 0 Å². The third-order valence-corrected chi connectivity index (χ3v) is 3.90. The van der Waals surface area contributed by atoms with Gasteiger partial charge in [0.15, 0.2) is 0 Å². The molecule has 3 nitrogen and oxygen atoms in total. The van der Waals surface area contributed by atoms with Crippen LogP contribution in [0, 0.1) is 17.8 Å². The molecule has 1 saturated carbocycles. The van der Waals surface area contributed by atoms with Crippen molar-refractivity contribution in [3.63, 3.8) is 0 Å². The van der Waals surface area contributed by atoms with Crippen LogP contribution >= 0.6 is 0 Å². The zero-order valence-corrected chi connectivity index (χ0v) is 9.23. The molecule has 2 rings (SSSR count). The summed E-state index contributed by atoms with van der Waals surface area (Å²) in [6, 6.07) is 0. The van der Waals surface area contributed by atoms with Gasteiger partial charge in [-0.2, -0.15) is 0 Å². The molecule has 2 aliphatic rings. The summed E-state index contributed by atoms with van der Waals surface area (Å²) >= 11 is 0. The van der Waals surface area contributed by atoms with Gasteiger partial charge in [-0.05, 0) is 24.7 Å². The van der Waals surface area contributed by atoms with E-state index < -0.39 is 0 Å². The molecule has 1 fully saturated rings. The minimum Gasteiger partial charge on any atom is -0.391 e. The van der Waals surface area contributed by atoms with Crippen molar-refractivity contribution in [1.29, 1.82) is 0 Å². The summed E-state index contributed by atoms with van der Waals surface area (Å²) in [6.45, 7) is 3.13. The van der Waals surface area contributed by atoms with Crippen molar-refractivity contribution in [3.8, 4) is 0 Å². The van der Waals surface area contributed by atoms with E-state index in [2.05, 4.69) is 12.2 Å². The number of quaternary nitrogens is 1. The highest BCUT2D eigenvalue weighted by atomic mass is 16.3. The summed E-state index contributed by atoms with van der Waals surface area (Å²) in [5.74, 6) is 2.39. The molecule has 0 radical (unpaired) electrons. The van der Waals surface area contributed by atoms with Crippen LogP contribution in [0.1, 0.15) is 12.8 Å². The Labute approximate surface area is 91.4 Å². The van der Waals surface area contributed by atoms with Gasteiger partial charge in [0.1, 0.15) is 13.1 Å². The van der Waals surface area contributed by atoms with E-state index in [1.807, 2.05) is 0 Å². The standard InChI is InChI=1S/C12H21NO2/c14-5-3-13(4-6-15)9-12-8-10-1-2-11(12)7-10/h1-2,10-12,14-15H,3-9H2/p+1/t10-,11+,12-/m0/s1. The quantitative estimate of drug-likeness (QED) is 0.498. The van der Waals surface area contributed by atoms with E-state index in [0.717, 1.165) is 37.4 Å². The molecule has 15 heavy (non-hydrogen) atoms. The van der Waals surface area contributed by atoms with Crippen LogP contribution in [0.3, 0.4) is 0 Å². The second-order valence-electron chi connectivity index (χ2n) is 4.94. The van der Waals surface area contributed by atoms with E-state index in [4.69, 9.17) is 10.2 Å². The third-order valence-electron chi connectivity index (χ3n) is 3.90. The average molecular weight is 212 g/mol. The van der Waals surface area contributed by atoms with Crippen LogP contribution in [0.25, 0.3) is 0 Å². The number of aliphatic hydroxyl groups is 2. The van der Waals surface area contributed by atoms with Gasteiger partial charge in [0.25, 0.3) is 0 Å². The Hall–Kier alpha value is -0.380. The summed E-state index contributed by atoms with van der Waals surface area (Å²) in [5, 5.41) is 17.9. The Morgan fingerprint density at radius 1 is 1.07 bits per heavy atom. The minimum absolute atomic E-state index is 0.228. The molecular weight excluding hydrogens is 190 g/mol. The van der Waals surface area contributed by atoms with Gasteiger partial charge >= 0.3 is 0 Å². The molecule has 3 N–H and O–H groups in total. The molecule has 3 atom stereocenters. The SMILES string of the molecule is OCC[NH+](CCO)C[C@@H]1C[C@H]2C=C[C@@H]1C2. The molecule has 3 heteroatoms. The fourth-order valence-corrected chi connectivity index (χ4v) is 3.15. The summed E-state index contributed by atoms with van der Waals surface area (Å²) in [4.78, 5) is 1.35. The van der Waals surface area contributed by atoms with Crippen molar-refractivity contribution >= 4 is 0 Å². The lowest BCUT2D eigenvalue weighted by molar-refractivity contribution is -0.904. The Morgan fingerprint density at radius 2 is 1.80 bits per heavy atom. The number of hydrogen-bond acceptors (Lipinski definition) is 2. The van der Waals surface area contributed by atoms with Crippen LogP contribution in [0.2, 0.25) is 0 Å². The molecule has 0 heterocycles. The van der Waals surface area contributed by atoms with E-state index in [1.165, 1.54) is 17.7 Å². The van der Waals surface area contributed by atoms with Gasteiger partial charge in [-0.15, -0.1) is 0 Å². The molecule has 0 aromatic rings. The maximum Gasteiger partial charge on any atom is 0.101 e. The second kappa shape index (κ2) is 5.10. The first-order chi connectivity index (χ1) is 7.33. The molecule has 2 bridgehead atoms. The lowest BCUT2D eigenvalue weighted by atomic mass is 9.93. The van der Waals surface area contributed by atoms with E-state index in [9.17, 15) is 0 Å². The van der Waals surface area contributed by atoms with E-state index >= 15 is 0 Å².